The highest BCUT2D eigenvalue weighted by molar-refractivity contribution is 7.89. The Bertz CT molecular complexity index is 594. The number of nitrogens with one attached hydrogen (secondary N) is 1. The van der Waals surface area contributed by atoms with Crippen LogP contribution >= 0.6 is 0 Å². The van der Waals surface area contributed by atoms with Crippen LogP contribution < -0.4 is 4.72 Å². The van der Waals surface area contributed by atoms with E-state index in [9.17, 15) is 13.2 Å². The largest absolute Gasteiger partial charge is 0.478 e. The molecule has 106 valence electrons. The molecular weight excluding hydrogens is 270 g/mol. The van der Waals surface area contributed by atoms with E-state index < -0.39 is 22.0 Å². The van der Waals surface area contributed by atoms with Crippen LogP contribution in [0.1, 0.15) is 28.4 Å². The summed E-state index contributed by atoms with van der Waals surface area (Å²) in [4.78, 5) is 10.9. The zero-order chi connectivity index (χ0) is 14.8. The molecule has 19 heavy (non-hydrogen) atoms. The lowest BCUT2D eigenvalue weighted by molar-refractivity contribution is 0.0696. The van der Waals surface area contributed by atoms with Gasteiger partial charge in [0.1, 0.15) is 0 Å². The Hall–Kier alpha value is -1.44. The van der Waals surface area contributed by atoms with Crippen LogP contribution in [0.2, 0.25) is 0 Å². The van der Waals surface area contributed by atoms with Crippen LogP contribution in [0.15, 0.2) is 17.0 Å². The second-order valence-corrected chi connectivity index (χ2v) is 6.11. The maximum Gasteiger partial charge on any atom is 0.335 e. The summed E-state index contributed by atoms with van der Waals surface area (Å²) in [6.45, 7) is 4.44. The lowest BCUT2D eigenvalue weighted by Gasteiger charge is -2.15. The number of sulfonamides is 1. The third kappa shape index (κ3) is 3.52. The van der Waals surface area contributed by atoms with E-state index in [1.165, 1.54) is 13.0 Å². The average Bonchev–Trinajstić information content (AvgIpc) is 2.31. The Morgan fingerprint density at radius 2 is 1.95 bits per heavy atom. The van der Waals surface area contributed by atoms with E-state index in [1.54, 1.807) is 13.8 Å². The van der Waals surface area contributed by atoms with Gasteiger partial charge in [0.2, 0.25) is 10.0 Å². The molecule has 0 aromatic heterocycles. The summed E-state index contributed by atoms with van der Waals surface area (Å²) in [5.41, 5.74) is 0.986. The molecule has 3 N–H and O–H groups in total. The summed E-state index contributed by atoms with van der Waals surface area (Å²) < 4.78 is 26.6. The smallest absolute Gasteiger partial charge is 0.335 e. The van der Waals surface area contributed by atoms with Crippen LogP contribution in [-0.4, -0.2) is 37.2 Å². The average molecular weight is 287 g/mol. The summed E-state index contributed by atoms with van der Waals surface area (Å²) in [5.74, 6) is -1.19. The molecule has 0 aliphatic rings. The van der Waals surface area contributed by atoms with Gasteiger partial charge in [-0.15, -0.1) is 0 Å². The van der Waals surface area contributed by atoms with Crippen molar-refractivity contribution in [1.82, 2.24) is 4.72 Å². The molecule has 7 heteroatoms. The molecule has 1 atom stereocenters. The first-order chi connectivity index (χ1) is 8.69. The number of aromatic carboxylic acids is 1. The van der Waals surface area contributed by atoms with Gasteiger partial charge in [-0.3, -0.25) is 0 Å². The van der Waals surface area contributed by atoms with Crippen molar-refractivity contribution in [3.63, 3.8) is 0 Å². The van der Waals surface area contributed by atoms with Crippen LogP contribution in [0.25, 0.3) is 0 Å². The van der Waals surface area contributed by atoms with Crippen molar-refractivity contribution in [3.05, 3.63) is 28.8 Å². The van der Waals surface area contributed by atoms with E-state index in [4.69, 9.17) is 10.2 Å². The van der Waals surface area contributed by atoms with E-state index in [0.29, 0.717) is 11.1 Å². The molecule has 0 aliphatic carbocycles. The minimum absolute atomic E-state index is 0.0785. The van der Waals surface area contributed by atoms with E-state index in [1.807, 2.05) is 0 Å². The van der Waals surface area contributed by atoms with Crippen molar-refractivity contribution in [1.29, 1.82) is 0 Å². The number of rotatable bonds is 5. The first kappa shape index (κ1) is 15.6. The minimum Gasteiger partial charge on any atom is -0.478 e. The first-order valence-corrected chi connectivity index (χ1v) is 7.15. The maximum atomic E-state index is 12.1. The molecule has 0 fully saturated rings. The third-order valence-electron chi connectivity index (χ3n) is 2.79. The second-order valence-electron chi connectivity index (χ2n) is 4.43. The highest BCUT2D eigenvalue weighted by atomic mass is 32.2. The molecule has 0 aliphatic heterocycles. The number of aliphatic hydroxyl groups excluding tert-OH is 1. The molecule has 0 heterocycles. The zero-order valence-electron chi connectivity index (χ0n) is 11.0. The highest BCUT2D eigenvalue weighted by Gasteiger charge is 2.22. The Labute approximate surface area is 112 Å². The molecule has 1 rings (SSSR count). The van der Waals surface area contributed by atoms with Gasteiger partial charge in [-0.2, -0.15) is 0 Å². The number of aliphatic hydroxyl groups is 1. The molecule has 6 nitrogen and oxygen atoms in total. The molecule has 0 spiro atoms. The van der Waals surface area contributed by atoms with Crippen LogP contribution in [0.4, 0.5) is 0 Å². The van der Waals surface area contributed by atoms with Gasteiger partial charge in [0.15, 0.2) is 0 Å². The normalized spacial score (nSPS) is 13.3. The van der Waals surface area contributed by atoms with Crippen LogP contribution in [-0.2, 0) is 10.0 Å². The van der Waals surface area contributed by atoms with Crippen molar-refractivity contribution < 1.29 is 23.4 Å². The molecule has 0 bridgehead atoms. The first-order valence-electron chi connectivity index (χ1n) is 5.66. The number of aryl methyl sites for hydroxylation is 1. The number of benzene rings is 1. The fourth-order valence-electron chi connectivity index (χ4n) is 1.60. The Morgan fingerprint density at radius 3 is 2.42 bits per heavy atom. The van der Waals surface area contributed by atoms with E-state index in [0.717, 1.165) is 6.07 Å². The fraction of sp³-hybridized carbons (Fsp3) is 0.417. The number of carboxylic acids is 1. The summed E-state index contributed by atoms with van der Waals surface area (Å²) in [7, 11) is -3.85. The van der Waals surface area contributed by atoms with Crippen LogP contribution in [0.3, 0.4) is 0 Å². The molecule has 1 unspecified atom stereocenters. The van der Waals surface area contributed by atoms with Gasteiger partial charge >= 0.3 is 5.97 Å². The Kier molecular flexibility index (Phi) is 4.67. The highest BCUT2D eigenvalue weighted by Crippen LogP contribution is 2.21. The fourth-order valence-corrected chi connectivity index (χ4v) is 3.17. The summed E-state index contributed by atoms with van der Waals surface area (Å²) in [6.07, 6.45) is 0. The maximum absolute atomic E-state index is 12.1. The van der Waals surface area contributed by atoms with Gasteiger partial charge in [0, 0.05) is 6.04 Å². The summed E-state index contributed by atoms with van der Waals surface area (Å²) >= 11 is 0. The molecule has 1 aromatic carbocycles. The number of carbonyl (C=O) groups is 1. The third-order valence-corrected chi connectivity index (χ3v) is 4.50. The lowest BCUT2D eigenvalue weighted by atomic mass is 10.1. The van der Waals surface area contributed by atoms with E-state index in [2.05, 4.69) is 4.72 Å². The van der Waals surface area contributed by atoms with Crippen molar-refractivity contribution >= 4 is 16.0 Å². The van der Waals surface area contributed by atoms with Crippen molar-refractivity contribution in [2.24, 2.45) is 0 Å². The number of hydrogen-bond donors (Lipinski definition) is 3. The van der Waals surface area contributed by atoms with Crippen LogP contribution in [0.5, 0.6) is 0 Å². The van der Waals surface area contributed by atoms with Gasteiger partial charge < -0.3 is 10.2 Å². The number of carboxylic acid groups (broad SMARTS) is 1. The van der Waals surface area contributed by atoms with Gasteiger partial charge in [-0.05, 0) is 44.0 Å². The van der Waals surface area contributed by atoms with Crippen molar-refractivity contribution in [3.8, 4) is 0 Å². The molecular formula is C12H17NO5S. The molecule has 0 radical (unpaired) electrons. The Morgan fingerprint density at radius 1 is 1.37 bits per heavy atom. The topological polar surface area (TPSA) is 104 Å². The van der Waals surface area contributed by atoms with Gasteiger partial charge in [0.05, 0.1) is 17.1 Å². The summed E-state index contributed by atoms with van der Waals surface area (Å²) in [5, 5.41) is 17.9. The van der Waals surface area contributed by atoms with Gasteiger partial charge in [-0.25, -0.2) is 17.9 Å². The monoisotopic (exact) mass is 287 g/mol. The molecule has 0 saturated carbocycles. The standard InChI is InChI=1S/C12H17NO5S/c1-7-4-10(12(15)16)5-11(9(7)3)19(17,18)13-8(2)6-14/h4-5,8,13-14H,6H2,1-3H3,(H,15,16). The quantitative estimate of drug-likeness (QED) is 0.738. The van der Waals surface area contributed by atoms with Crippen molar-refractivity contribution in [2.45, 2.75) is 31.7 Å². The Balaban J connectivity index is 3.37. The van der Waals surface area contributed by atoms with E-state index in [-0.39, 0.29) is 17.1 Å². The number of hydrogen-bond acceptors (Lipinski definition) is 4. The summed E-state index contributed by atoms with van der Waals surface area (Å²) in [6, 6.07) is 1.90. The van der Waals surface area contributed by atoms with Crippen LogP contribution in [0, 0.1) is 13.8 Å². The second kappa shape index (κ2) is 5.68. The van der Waals surface area contributed by atoms with Crippen molar-refractivity contribution in [2.75, 3.05) is 6.61 Å². The van der Waals surface area contributed by atoms with Gasteiger partial charge in [-0.1, -0.05) is 0 Å². The minimum atomic E-state index is -3.85. The molecule has 0 saturated heterocycles. The lowest BCUT2D eigenvalue weighted by Crippen LogP contribution is -2.35. The predicted octanol–water partition coefficient (Wildman–Crippen LogP) is 0.661. The predicted molar refractivity (Wildman–Crippen MR) is 69.7 cm³/mol. The molecule has 1 aromatic rings. The molecule has 0 amide bonds. The van der Waals surface area contributed by atoms with E-state index >= 15 is 0 Å². The van der Waals surface area contributed by atoms with Gasteiger partial charge in [0.25, 0.3) is 0 Å². The SMILES string of the molecule is Cc1cc(C(=O)O)cc(S(=O)(=O)NC(C)CO)c1C. The zero-order valence-corrected chi connectivity index (χ0v) is 11.8.